The lowest BCUT2D eigenvalue weighted by Gasteiger charge is -2.38. The van der Waals surface area contributed by atoms with Crippen LogP contribution in [0.3, 0.4) is 0 Å². The number of aryl methyl sites for hydroxylation is 2. The standard InChI is InChI=1S/C25H30N4O3/c1-17-8-10-19(11-9-17)23-22(24(30)32-3)20(26-25(31)27-23)16-28-12-14-29(15-13-28)21-7-5-4-6-18(21)2/h4-11,23H,12-16H2,1-3H3,(H2,26,27,31). The van der Waals surface area contributed by atoms with Gasteiger partial charge in [0.25, 0.3) is 0 Å². The summed E-state index contributed by atoms with van der Waals surface area (Å²) in [5.41, 5.74) is 5.56. The van der Waals surface area contributed by atoms with Crippen LogP contribution in [0, 0.1) is 13.8 Å². The summed E-state index contributed by atoms with van der Waals surface area (Å²) in [6, 6.07) is 15.4. The highest BCUT2D eigenvalue weighted by atomic mass is 16.5. The zero-order valence-corrected chi connectivity index (χ0v) is 18.9. The number of methoxy groups -OCH3 is 1. The van der Waals surface area contributed by atoms with E-state index in [-0.39, 0.29) is 6.03 Å². The van der Waals surface area contributed by atoms with Gasteiger partial charge in [-0.3, -0.25) is 4.90 Å². The number of carbonyl (C=O) groups is 2. The first-order valence-corrected chi connectivity index (χ1v) is 10.9. The van der Waals surface area contributed by atoms with Crippen LogP contribution in [0.2, 0.25) is 0 Å². The van der Waals surface area contributed by atoms with Gasteiger partial charge in [0.15, 0.2) is 0 Å². The number of esters is 1. The highest BCUT2D eigenvalue weighted by molar-refractivity contribution is 5.95. The summed E-state index contributed by atoms with van der Waals surface area (Å²) in [6.07, 6.45) is 0. The molecule has 0 bridgehead atoms. The first-order valence-electron chi connectivity index (χ1n) is 10.9. The molecule has 1 fully saturated rings. The molecule has 32 heavy (non-hydrogen) atoms. The van der Waals surface area contributed by atoms with Gasteiger partial charge in [-0.1, -0.05) is 48.0 Å². The first kappa shape index (κ1) is 21.9. The number of hydrogen-bond acceptors (Lipinski definition) is 5. The highest BCUT2D eigenvalue weighted by Crippen LogP contribution is 2.29. The number of urea groups is 1. The molecule has 0 saturated carbocycles. The molecule has 168 valence electrons. The molecule has 4 rings (SSSR count). The van der Waals surface area contributed by atoms with Gasteiger partial charge < -0.3 is 20.3 Å². The molecule has 7 nitrogen and oxygen atoms in total. The smallest absolute Gasteiger partial charge is 0.338 e. The van der Waals surface area contributed by atoms with E-state index in [2.05, 4.69) is 51.6 Å². The molecule has 2 aromatic rings. The highest BCUT2D eigenvalue weighted by Gasteiger charge is 2.34. The van der Waals surface area contributed by atoms with E-state index >= 15 is 0 Å². The van der Waals surface area contributed by atoms with E-state index in [1.54, 1.807) is 0 Å². The van der Waals surface area contributed by atoms with Crippen molar-refractivity contribution in [3.63, 3.8) is 0 Å². The molecule has 0 aliphatic carbocycles. The Balaban J connectivity index is 1.55. The maximum Gasteiger partial charge on any atom is 0.338 e. The molecule has 2 aliphatic heterocycles. The van der Waals surface area contributed by atoms with Gasteiger partial charge >= 0.3 is 12.0 Å². The minimum Gasteiger partial charge on any atom is -0.466 e. The second-order valence-corrected chi connectivity index (χ2v) is 8.38. The summed E-state index contributed by atoms with van der Waals surface area (Å²) in [5.74, 6) is -0.434. The van der Waals surface area contributed by atoms with Crippen molar-refractivity contribution in [3.8, 4) is 0 Å². The third-order valence-corrected chi connectivity index (χ3v) is 6.18. The molecule has 2 aromatic carbocycles. The van der Waals surface area contributed by atoms with E-state index in [4.69, 9.17) is 4.74 Å². The predicted molar refractivity (Wildman–Crippen MR) is 124 cm³/mol. The van der Waals surface area contributed by atoms with E-state index in [1.165, 1.54) is 18.4 Å². The average molecular weight is 435 g/mol. The van der Waals surface area contributed by atoms with Crippen LogP contribution in [-0.2, 0) is 9.53 Å². The average Bonchev–Trinajstić information content (AvgIpc) is 2.80. The van der Waals surface area contributed by atoms with Crippen LogP contribution < -0.4 is 15.5 Å². The molecule has 0 radical (unpaired) electrons. The minimum absolute atomic E-state index is 0.309. The molecule has 0 aromatic heterocycles. The molecule has 2 aliphatic rings. The molecule has 2 amide bonds. The Morgan fingerprint density at radius 3 is 2.38 bits per heavy atom. The number of benzene rings is 2. The van der Waals surface area contributed by atoms with Crippen molar-refractivity contribution in [2.45, 2.75) is 19.9 Å². The maximum absolute atomic E-state index is 12.8. The number of hydrogen-bond donors (Lipinski definition) is 2. The van der Waals surface area contributed by atoms with Crippen molar-refractivity contribution >= 4 is 17.7 Å². The van der Waals surface area contributed by atoms with Gasteiger partial charge in [0.05, 0.1) is 18.7 Å². The number of para-hydroxylation sites is 1. The van der Waals surface area contributed by atoms with E-state index < -0.39 is 12.0 Å². The summed E-state index contributed by atoms with van der Waals surface area (Å²) >= 11 is 0. The van der Waals surface area contributed by atoms with Crippen LogP contribution in [0.1, 0.15) is 22.7 Å². The predicted octanol–water partition coefficient (Wildman–Crippen LogP) is 2.91. The Labute approximate surface area is 189 Å². The van der Waals surface area contributed by atoms with E-state index in [0.29, 0.717) is 17.8 Å². The van der Waals surface area contributed by atoms with Gasteiger partial charge in [0.1, 0.15) is 0 Å². The van der Waals surface area contributed by atoms with Crippen LogP contribution in [-0.4, -0.2) is 56.7 Å². The second-order valence-electron chi connectivity index (χ2n) is 8.38. The third-order valence-electron chi connectivity index (χ3n) is 6.18. The number of piperazine rings is 1. The Morgan fingerprint density at radius 2 is 1.72 bits per heavy atom. The van der Waals surface area contributed by atoms with Crippen molar-refractivity contribution < 1.29 is 14.3 Å². The molecule has 1 unspecified atom stereocenters. The molecule has 2 heterocycles. The van der Waals surface area contributed by atoms with Gasteiger partial charge in [0.2, 0.25) is 0 Å². The number of rotatable bonds is 5. The maximum atomic E-state index is 12.8. The Bertz CT molecular complexity index is 1020. The Morgan fingerprint density at radius 1 is 1.03 bits per heavy atom. The van der Waals surface area contributed by atoms with Crippen LogP contribution in [0.15, 0.2) is 59.8 Å². The van der Waals surface area contributed by atoms with Gasteiger partial charge in [-0.15, -0.1) is 0 Å². The monoisotopic (exact) mass is 434 g/mol. The first-order chi connectivity index (χ1) is 15.5. The fourth-order valence-electron chi connectivity index (χ4n) is 4.39. The molecule has 2 N–H and O–H groups in total. The SMILES string of the molecule is COC(=O)C1=C(CN2CCN(c3ccccc3C)CC2)NC(=O)NC1c1ccc(C)cc1. The largest absolute Gasteiger partial charge is 0.466 e. The van der Waals surface area contributed by atoms with Gasteiger partial charge in [-0.2, -0.15) is 0 Å². The molecule has 1 atom stereocenters. The lowest BCUT2D eigenvalue weighted by atomic mass is 9.94. The quantitative estimate of drug-likeness (QED) is 0.708. The fraction of sp³-hybridized carbons (Fsp3) is 0.360. The van der Waals surface area contributed by atoms with Crippen molar-refractivity contribution in [3.05, 3.63) is 76.5 Å². The molecule has 0 spiro atoms. The van der Waals surface area contributed by atoms with Crippen LogP contribution >= 0.6 is 0 Å². The van der Waals surface area contributed by atoms with Crippen molar-refractivity contribution in [1.82, 2.24) is 15.5 Å². The summed E-state index contributed by atoms with van der Waals surface area (Å²) in [6.45, 7) is 8.07. The second kappa shape index (κ2) is 9.44. The van der Waals surface area contributed by atoms with Crippen LogP contribution in [0.4, 0.5) is 10.5 Å². The number of anilines is 1. The molecular weight excluding hydrogens is 404 g/mol. The third kappa shape index (κ3) is 4.62. The van der Waals surface area contributed by atoms with Crippen LogP contribution in [0.5, 0.6) is 0 Å². The van der Waals surface area contributed by atoms with Gasteiger partial charge in [0, 0.05) is 44.1 Å². The van der Waals surface area contributed by atoms with E-state index in [1.807, 2.05) is 31.2 Å². The molecule has 1 saturated heterocycles. The number of amides is 2. The Kier molecular flexibility index (Phi) is 6.46. The summed E-state index contributed by atoms with van der Waals surface area (Å²) < 4.78 is 5.09. The molecule has 7 heteroatoms. The Hall–Kier alpha value is -3.32. The van der Waals surface area contributed by atoms with Crippen LogP contribution in [0.25, 0.3) is 0 Å². The van der Waals surface area contributed by atoms with E-state index in [9.17, 15) is 9.59 Å². The number of nitrogens with zero attached hydrogens (tertiary/aromatic N) is 2. The lowest BCUT2D eigenvalue weighted by molar-refractivity contribution is -0.136. The number of nitrogens with one attached hydrogen (secondary N) is 2. The zero-order valence-electron chi connectivity index (χ0n) is 18.9. The normalized spacial score (nSPS) is 19.4. The minimum atomic E-state index is -0.542. The van der Waals surface area contributed by atoms with Gasteiger partial charge in [-0.05, 0) is 31.0 Å². The van der Waals surface area contributed by atoms with Crippen molar-refractivity contribution in [2.24, 2.45) is 0 Å². The number of ether oxygens (including phenoxy) is 1. The van der Waals surface area contributed by atoms with E-state index in [0.717, 1.165) is 37.3 Å². The summed E-state index contributed by atoms with van der Waals surface area (Å²) in [7, 11) is 1.37. The number of carbonyl (C=O) groups excluding carboxylic acids is 2. The van der Waals surface area contributed by atoms with Gasteiger partial charge in [-0.25, -0.2) is 9.59 Å². The van der Waals surface area contributed by atoms with Crippen molar-refractivity contribution in [1.29, 1.82) is 0 Å². The van der Waals surface area contributed by atoms with Crippen molar-refractivity contribution in [2.75, 3.05) is 44.7 Å². The topological polar surface area (TPSA) is 73.9 Å². The zero-order chi connectivity index (χ0) is 22.7. The molecular formula is C25H30N4O3. The fourth-order valence-corrected chi connectivity index (χ4v) is 4.39. The summed E-state index contributed by atoms with van der Waals surface area (Å²) in [4.78, 5) is 29.9. The summed E-state index contributed by atoms with van der Waals surface area (Å²) in [5, 5.41) is 5.75. The lowest BCUT2D eigenvalue weighted by Crippen LogP contribution is -2.51.